The molecule has 0 radical (unpaired) electrons. The number of sulfonamides is 1. The van der Waals surface area contributed by atoms with Crippen LogP contribution in [0.15, 0.2) is 71.8 Å². The lowest BCUT2D eigenvalue weighted by atomic mass is 10.3. The Labute approximate surface area is 181 Å². The number of carbonyl (C=O) groups excluding carboxylic acids is 1. The third kappa shape index (κ3) is 4.95. The maximum Gasteiger partial charge on any atom is 0.264 e. The van der Waals surface area contributed by atoms with Gasteiger partial charge in [-0.3, -0.25) is 13.8 Å². The summed E-state index contributed by atoms with van der Waals surface area (Å²) in [5.74, 6) is -0.0755. The highest BCUT2D eigenvalue weighted by Gasteiger charge is 2.25. The van der Waals surface area contributed by atoms with E-state index in [1.807, 2.05) is 6.07 Å². The van der Waals surface area contributed by atoms with E-state index in [1.54, 1.807) is 61.3 Å². The van der Waals surface area contributed by atoms with E-state index in [2.05, 4.69) is 10.4 Å². The number of aryl methyl sites for hydroxylation is 1. The van der Waals surface area contributed by atoms with Crippen molar-refractivity contribution in [2.75, 3.05) is 23.3 Å². The first-order valence-corrected chi connectivity index (χ1v) is 11.0. The van der Waals surface area contributed by atoms with E-state index in [1.165, 1.54) is 35.7 Å². The fourth-order valence-corrected chi connectivity index (χ4v) is 4.54. The van der Waals surface area contributed by atoms with Gasteiger partial charge in [-0.25, -0.2) is 8.42 Å². The van der Waals surface area contributed by atoms with Gasteiger partial charge in [0, 0.05) is 25.9 Å². The molecule has 3 rings (SSSR count). The molecular formula is C22H24N4O4S. The van der Waals surface area contributed by atoms with Gasteiger partial charge in [0.25, 0.3) is 10.0 Å². The van der Waals surface area contributed by atoms with E-state index in [9.17, 15) is 13.2 Å². The Balaban J connectivity index is 1.90. The average Bonchev–Trinajstić information content (AvgIpc) is 3.18. The van der Waals surface area contributed by atoms with Crippen molar-refractivity contribution in [3.05, 3.63) is 72.6 Å². The molecule has 1 amide bonds. The fourth-order valence-electron chi connectivity index (χ4n) is 3.04. The van der Waals surface area contributed by atoms with Crippen LogP contribution >= 0.6 is 0 Å². The minimum absolute atomic E-state index is 0.0462. The van der Waals surface area contributed by atoms with Gasteiger partial charge in [-0.15, -0.1) is 0 Å². The molecule has 1 aromatic heterocycles. The van der Waals surface area contributed by atoms with Crippen molar-refractivity contribution in [2.24, 2.45) is 7.05 Å². The first kappa shape index (κ1) is 22.1. The third-order valence-corrected chi connectivity index (χ3v) is 6.51. The first-order chi connectivity index (χ1) is 14.9. The average molecular weight is 441 g/mol. The molecule has 0 atom stereocenters. The maximum absolute atomic E-state index is 13.3. The number of rotatable bonds is 8. The monoisotopic (exact) mass is 440 g/mol. The Kier molecular flexibility index (Phi) is 6.76. The third-order valence-electron chi connectivity index (χ3n) is 4.61. The molecule has 0 saturated heterocycles. The van der Waals surface area contributed by atoms with E-state index in [0.29, 0.717) is 11.4 Å². The number of benzene rings is 2. The molecule has 31 heavy (non-hydrogen) atoms. The number of anilines is 2. The van der Waals surface area contributed by atoms with Crippen molar-refractivity contribution in [1.29, 1.82) is 0 Å². The van der Waals surface area contributed by atoms with Crippen molar-refractivity contribution in [1.82, 2.24) is 9.78 Å². The molecule has 9 heteroatoms. The largest absolute Gasteiger partial charge is 0.495 e. The number of methoxy groups -OCH3 is 1. The molecule has 0 spiro atoms. The number of hydrogen-bond donors (Lipinski definition) is 1. The number of amides is 1. The molecule has 0 aliphatic heterocycles. The lowest BCUT2D eigenvalue weighted by Gasteiger charge is -2.23. The number of carbonyl (C=O) groups is 1. The van der Waals surface area contributed by atoms with Crippen LogP contribution < -0.4 is 14.4 Å². The molecule has 162 valence electrons. The van der Waals surface area contributed by atoms with Gasteiger partial charge >= 0.3 is 0 Å². The molecular weight excluding hydrogens is 416 g/mol. The van der Waals surface area contributed by atoms with Crippen LogP contribution in [0.3, 0.4) is 0 Å². The smallest absolute Gasteiger partial charge is 0.264 e. The van der Waals surface area contributed by atoms with Gasteiger partial charge < -0.3 is 10.1 Å². The molecule has 0 saturated carbocycles. The Bertz CT molecular complexity index is 1190. The second-order valence-corrected chi connectivity index (χ2v) is 8.43. The van der Waals surface area contributed by atoms with Crippen molar-refractivity contribution in [2.45, 2.75) is 11.8 Å². The summed E-state index contributed by atoms with van der Waals surface area (Å²) in [6, 6.07) is 15.0. The standard InChI is InChI=1S/C22H24N4O4S/c1-4-26(18-8-6-5-7-9-18)31(28,29)19-11-12-21(30-3)20(16-19)24-22(27)13-10-17-14-15-23-25(17)2/h5-16H,4H2,1-3H3,(H,24,27)/b13-10-. The van der Waals surface area contributed by atoms with Gasteiger partial charge in [0.1, 0.15) is 5.75 Å². The van der Waals surface area contributed by atoms with Crippen LogP contribution in [-0.2, 0) is 21.9 Å². The summed E-state index contributed by atoms with van der Waals surface area (Å²) >= 11 is 0. The molecule has 0 unspecified atom stereocenters. The zero-order chi connectivity index (χ0) is 22.4. The predicted octanol–water partition coefficient (Wildman–Crippen LogP) is 3.30. The zero-order valence-corrected chi connectivity index (χ0v) is 18.3. The Morgan fingerprint density at radius 1 is 1.19 bits per heavy atom. The number of nitrogens with one attached hydrogen (secondary N) is 1. The molecule has 8 nitrogen and oxygen atoms in total. The van der Waals surface area contributed by atoms with Crippen LogP contribution in [0.5, 0.6) is 5.75 Å². The highest BCUT2D eigenvalue weighted by molar-refractivity contribution is 7.92. The summed E-state index contributed by atoms with van der Waals surface area (Å²) in [6.07, 6.45) is 4.59. The Morgan fingerprint density at radius 3 is 2.55 bits per heavy atom. The SMILES string of the molecule is CCN(c1ccccc1)S(=O)(=O)c1ccc(OC)c(NC(=O)/C=C\c2ccnn2C)c1. The maximum atomic E-state index is 13.3. The lowest BCUT2D eigenvalue weighted by molar-refractivity contribution is -0.111. The van der Waals surface area contributed by atoms with Crippen molar-refractivity contribution in [3.8, 4) is 5.75 Å². The minimum atomic E-state index is -3.84. The van der Waals surface area contributed by atoms with Crippen LogP contribution in [0, 0.1) is 0 Å². The number of para-hydroxylation sites is 1. The van der Waals surface area contributed by atoms with Gasteiger partial charge in [0.2, 0.25) is 5.91 Å². The lowest BCUT2D eigenvalue weighted by Crippen LogP contribution is -2.30. The fraction of sp³-hybridized carbons (Fsp3) is 0.182. The molecule has 3 aromatic rings. The number of aromatic nitrogens is 2. The van der Waals surface area contributed by atoms with Crippen molar-refractivity contribution in [3.63, 3.8) is 0 Å². The van der Waals surface area contributed by atoms with Crippen LogP contribution in [0.2, 0.25) is 0 Å². The van der Waals surface area contributed by atoms with E-state index in [0.717, 1.165) is 5.69 Å². The molecule has 0 aliphatic carbocycles. The van der Waals surface area contributed by atoms with E-state index < -0.39 is 15.9 Å². The van der Waals surface area contributed by atoms with E-state index >= 15 is 0 Å². The quantitative estimate of drug-likeness (QED) is 0.543. The minimum Gasteiger partial charge on any atom is -0.495 e. The van der Waals surface area contributed by atoms with Crippen LogP contribution in [0.1, 0.15) is 12.6 Å². The molecule has 1 heterocycles. The number of hydrogen-bond acceptors (Lipinski definition) is 5. The summed E-state index contributed by atoms with van der Waals surface area (Å²) < 4.78 is 34.8. The normalized spacial score (nSPS) is 11.5. The van der Waals surface area contributed by atoms with E-state index in [-0.39, 0.29) is 17.1 Å². The second-order valence-electron chi connectivity index (χ2n) is 6.57. The second kappa shape index (κ2) is 9.48. The number of ether oxygens (including phenoxy) is 1. The molecule has 0 fully saturated rings. The predicted molar refractivity (Wildman–Crippen MR) is 121 cm³/mol. The summed E-state index contributed by atoms with van der Waals surface area (Å²) in [5.41, 5.74) is 1.57. The first-order valence-electron chi connectivity index (χ1n) is 9.59. The van der Waals surface area contributed by atoms with Crippen LogP contribution in [0.25, 0.3) is 6.08 Å². The topological polar surface area (TPSA) is 93.5 Å². The highest BCUT2D eigenvalue weighted by Crippen LogP contribution is 2.30. The van der Waals surface area contributed by atoms with Gasteiger partial charge in [-0.2, -0.15) is 5.10 Å². The highest BCUT2D eigenvalue weighted by atomic mass is 32.2. The van der Waals surface area contributed by atoms with Gasteiger partial charge in [-0.1, -0.05) is 18.2 Å². The van der Waals surface area contributed by atoms with Gasteiger partial charge in [0.05, 0.1) is 29.1 Å². The van der Waals surface area contributed by atoms with E-state index in [4.69, 9.17) is 4.74 Å². The Morgan fingerprint density at radius 2 is 1.94 bits per heavy atom. The summed E-state index contributed by atoms with van der Waals surface area (Å²) in [6.45, 7) is 2.02. The van der Waals surface area contributed by atoms with Crippen LogP contribution in [0.4, 0.5) is 11.4 Å². The Hall–Kier alpha value is -3.59. The zero-order valence-electron chi connectivity index (χ0n) is 17.5. The van der Waals surface area contributed by atoms with Gasteiger partial charge in [0.15, 0.2) is 0 Å². The van der Waals surface area contributed by atoms with Crippen molar-refractivity contribution >= 4 is 33.4 Å². The van der Waals surface area contributed by atoms with Crippen LogP contribution in [-0.4, -0.2) is 37.8 Å². The summed E-state index contributed by atoms with van der Waals surface area (Å²) in [5, 5.41) is 6.73. The molecule has 0 bridgehead atoms. The molecule has 0 aliphatic rings. The molecule has 2 aromatic carbocycles. The summed E-state index contributed by atoms with van der Waals surface area (Å²) in [7, 11) is -0.628. The molecule has 1 N–H and O–H groups in total. The number of nitrogens with zero attached hydrogens (tertiary/aromatic N) is 3. The van der Waals surface area contributed by atoms with Gasteiger partial charge in [-0.05, 0) is 49.4 Å². The summed E-state index contributed by atoms with van der Waals surface area (Å²) in [4.78, 5) is 12.5. The van der Waals surface area contributed by atoms with Crippen molar-refractivity contribution < 1.29 is 17.9 Å².